The lowest BCUT2D eigenvalue weighted by molar-refractivity contribution is 0.628. The molecule has 94 valence electrons. The third kappa shape index (κ3) is 2.47. The molecule has 6 heteroatoms. The molecule has 1 aromatic carbocycles. The summed E-state index contributed by atoms with van der Waals surface area (Å²) >= 11 is 9.12. The van der Waals surface area contributed by atoms with E-state index < -0.39 is 5.82 Å². The summed E-state index contributed by atoms with van der Waals surface area (Å²) in [4.78, 5) is 18.6. The van der Waals surface area contributed by atoms with Gasteiger partial charge in [0, 0.05) is 5.56 Å². The lowest BCUT2D eigenvalue weighted by Crippen LogP contribution is -2.13. The topological polar surface area (TPSA) is 45.8 Å². The highest BCUT2D eigenvalue weighted by Crippen LogP contribution is 2.26. The fourth-order valence-electron chi connectivity index (χ4n) is 1.55. The Morgan fingerprint density at radius 3 is 2.83 bits per heavy atom. The number of benzene rings is 1. The molecule has 0 saturated carbocycles. The van der Waals surface area contributed by atoms with E-state index in [0.717, 1.165) is 0 Å². The van der Waals surface area contributed by atoms with Gasteiger partial charge in [0.1, 0.15) is 16.1 Å². The molecule has 0 radical (unpaired) electrons. The smallest absolute Gasteiger partial charge is 0.265 e. The Kier molecular flexibility index (Phi) is 3.82. The molecule has 0 atom stereocenters. The van der Waals surface area contributed by atoms with Crippen molar-refractivity contribution in [3.63, 3.8) is 0 Å². The van der Waals surface area contributed by atoms with E-state index in [-0.39, 0.29) is 10.6 Å². The van der Waals surface area contributed by atoms with E-state index in [1.165, 1.54) is 18.2 Å². The maximum atomic E-state index is 13.0. The fraction of sp³-hybridized carbons (Fsp3) is 0.167. The molecule has 0 unspecified atom stereocenters. The van der Waals surface area contributed by atoms with Gasteiger partial charge >= 0.3 is 0 Å². The number of halogens is 3. The maximum absolute atomic E-state index is 13.0. The molecule has 0 fully saturated rings. The minimum Gasteiger partial charge on any atom is -0.305 e. The molecular weight excluding hydrogens is 322 g/mol. The summed E-state index contributed by atoms with van der Waals surface area (Å²) in [5, 5.41) is 0.211. The Labute approximate surface area is 116 Å². The van der Waals surface area contributed by atoms with Gasteiger partial charge in [-0.3, -0.25) is 4.79 Å². The van der Waals surface area contributed by atoms with Gasteiger partial charge in [-0.25, -0.2) is 9.37 Å². The maximum Gasteiger partial charge on any atom is 0.265 e. The van der Waals surface area contributed by atoms with Crippen molar-refractivity contribution in [1.29, 1.82) is 0 Å². The van der Waals surface area contributed by atoms with Crippen LogP contribution in [-0.2, 0) is 6.42 Å². The summed E-state index contributed by atoms with van der Waals surface area (Å²) < 4.78 is 13.4. The van der Waals surface area contributed by atoms with Crippen LogP contribution in [0.4, 0.5) is 4.39 Å². The van der Waals surface area contributed by atoms with Crippen molar-refractivity contribution in [1.82, 2.24) is 9.97 Å². The normalized spacial score (nSPS) is 10.7. The van der Waals surface area contributed by atoms with E-state index in [1.807, 2.05) is 6.92 Å². The lowest BCUT2D eigenvalue weighted by atomic mass is 10.2. The van der Waals surface area contributed by atoms with Crippen molar-refractivity contribution in [3.05, 3.63) is 49.6 Å². The number of hydrogen-bond donors (Lipinski definition) is 1. The molecule has 1 N–H and O–H groups in total. The third-order valence-corrected chi connectivity index (χ3v) is 3.58. The second-order valence-electron chi connectivity index (χ2n) is 3.65. The molecule has 0 saturated heterocycles. The highest BCUT2D eigenvalue weighted by atomic mass is 79.9. The number of H-pyrrole nitrogens is 1. The largest absolute Gasteiger partial charge is 0.305 e. The molecular formula is C12H9BrClFN2O. The van der Waals surface area contributed by atoms with Crippen LogP contribution in [0.3, 0.4) is 0 Å². The average molecular weight is 332 g/mol. The van der Waals surface area contributed by atoms with Gasteiger partial charge in [0.05, 0.1) is 10.7 Å². The van der Waals surface area contributed by atoms with E-state index in [9.17, 15) is 9.18 Å². The summed E-state index contributed by atoms with van der Waals surface area (Å²) in [5.74, 6) is -0.0935. The van der Waals surface area contributed by atoms with Crippen LogP contribution in [0.1, 0.15) is 12.6 Å². The van der Waals surface area contributed by atoms with Crippen LogP contribution in [0.5, 0.6) is 0 Å². The predicted octanol–water partition coefficient (Wildman–Crippen LogP) is 3.55. The first-order valence-corrected chi connectivity index (χ1v) is 6.44. The Bertz CT molecular complexity index is 657. The van der Waals surface area contributed by atoms with Crippen molar-refractivity contribution >= 4 is 27.5 Å². The van der Waals surface area contributed by atoms with Gasteiger partial charge in [0.15, 0.2) is 0 Å². The van der Waals surface area contributed by atoms with Gasteiger partial charge in [-0.2, -0.15) is 0 Å². The number of nitrogens with one attached hydrogen (secondary N) is 1. The van der Waals surface area contributed by atoms with E-state index >= 15 is 0 Å². The Balaban J connectivity index is 2.64. The molecule has 0 bridgehead atoms. The summed E-state index contributed by atoms with van der Waals surface area (Å²) in [5.41, 5.74) is 0.851. The molecule has 0 aliphatic heterocycles. The van der Waals surface area contributed by atoms with E-state index in [0.29, 0.717) is 28.0 Å². The van der Waals surface area contributed by atoms with Crippen molar-refractivity contribution in [3.8, 4) is 11.4 Å². The predicted molar refractivity (Wildman–Crippen MR) is 72.3 cm³/mol. The van der Waals surface area contributed by atoms with Crippen molar-refractivity contribution in [2.75, 3.05) is 0 Å². The summed E-state index contributed by atoms with van der Waals surface area (Å²) in [6.07, 6.45) is 0.607. The van der Waals surface area contributed by atoms with Gasteiger partial charge in [-0.05, 0) is 40.5 Å². The number of nitrogens with zero attached hydrogens (tertiary/aromatic N) is 1. The first kappa shape index (κ1) is 13.2. The van der Waals surface area contributed by atoms with Crippen LogP contribution in [0, 0.1) is 5.82 Å². The van der Waals surface area contributed by atoms with Gasteiger partial charge in [-0.15, -0.1) is 0 Å². The average Bonchev–Trinajstić information content (AvgIpc) is 2.32. The molecule has 1 heterocycles. The van der Waals surface area contributed by atoms with Gasteiger partial charge in [-0.1, -0.05) is 18.5 Å². The van der Waals surface area contributed by atoms with Gasteiger partial charge < -0.3 is 4.98 Å². The number of aromatic amines is 1. The highest BCUT2D eigenvalue weighted by molar-refractivity contribution is 9.10. The number of aromatic nitrogens is 2. The molecule has 0 aliphatic rings. The lowest BCUT2D eigenvalue weighted by Gasteiger charge is -2.06. The van der Waals surface area contributed by atoms with Crippen LogP contribution in [-0.4, -0.2) is 9.97 Å². The summed E-state index contributed by atoms with van der Waals surface area (Å²) in [7, 11) is 0. The van der Waals surface area contributed by atoms with Crippen molar-refractivity contribution in [2.45, 2.75) is 13.3 Å². The molecule has 3 nitrogen and oxygen atoms in total. The summed E-state index contributed by atoms with van der Waals surface area (Å²) in [6.45, 7) is 1.89. The van der Waals surface area contributed by atoms with Crippen molar-refractivity contribution < 1.29 is 4.39 Å². The molecule has 18 heavy (non-hydrogen) atoms. The number of hydrogen-bond acceptors (Lipinski definition) is 2. The highest BCUT2D eigenvalue weighted by Gasteiger charge is 2.11. The quantitative estimate of drug-likeness (QED) is 0.914. The molecule has 0 spiro atoms. The SMILES string of the molecule is CCc1nc(-c2ccc(F)cc2Cl)[nH]c(=O)c1Br. The van der Waals surface area contributed by atoms with E-state index in [1.54, 1.807) is 0 Å². The van der Waals surface area contributed by atoms with Crippen LogP contribution in [0.15, 0.2) is 27.5 Å². The van der Waals surface area contributed by atoms with Crippen LogP contribution in [0.2, 0.25) is 5.02 Å². The molecule has 2 rings (SSSR count). The minimum atomic E-state index is -0.432. The van der Waals surface area contributed by atoms with Crippen LogP contribution >= 0.6 is 27.5 Å². The minimum absolute atomic E-state index is 0.211. The van der Waals surface area contributed by atoms with E-state index in [2.05, 4.69) is 25.9 Å². The zero-order chi connectivity index (χ0) is 13.3. The zero-order valence-corrected chi connectivity index (χ0v) is 11.8. The van der Waals surface area contributed by atoms with Crippen LogP contribution < -0.4 is 5.56 Å². The number of rotatable bonds is 2. The Hall–Kier alpha value is -1.20. The first-order chi connectivity index (χ1) is 8.52. The molecule has 1 aromatic heterocycles. The molecule has 2 aromatic rings. The molecule has 0 amide bonds. The third-order valence-electron chi connectivity index (χ3n) is 2.45. The molecule has 0 aliphatic carbocycles. The van der Waals surface area contributed by atoms with Gasteiger partial charge in [0.2, 0.25) is 0 Å². The fourth-order valence-corrected chi connectivity index (χ4v) is 2.27. The Morgan fingerprint density at radius 1 is 1.50 bits per heavy atom. The zero-order valence-electron chi connectivity index (χ0n) is 9.43. The van der Waals surface area contributed by atoms with Crippen LogP contribution in [0.25, 0.3) is 11.4 Å². The summed E-state index contributed by atoms with van der Waals surface area (Å²) in [6, 6.07) is 3.95. The number of aryl methyl sites for hydroxylation is 1. The second kappa shape index (κ2) is 5.20. The van der Waals surface area contributed by atoms with Gasteiger partial charge in [0.25, 0.3) is 5.56 Å². The first-order valence-electron chi connectivity index (χ1n) is 5.27. The standard InChI is InChI=1S/C12H9BrClFN2O/c1-2-9-10(13)12(18)17-11(16-9)7-4-3-6(15)5-8(7)14/h3-5H,2H2,1H3,(H,16,17,18). The monoisotopic (exact) mass is 330 g/mol. The Morgan fingerprint density at radius 2 is 2.22 bits per heavy atom. The second-order valence-corrected chi connectivity index (χ2v) is 4.85. The van der Waals surface area contributed by atoms with Crippen molar-refractivity contribution in [2.24, 2.45) is 0 Å². The van der Waals surface area contributed by atoms with E-state index in [4.69, 9.17) is 11.6 Å².